The van der Waals surface area contributed by atoms with Crippen LogP contribution in [0.4, 0.5) is 0 Å². The van der Waals surface area contributed by atoms with E-state index in [4.69, 9.17) is 4.43 Å². The fraction of sp³-hybridized carbons (Fsp3) is 0.909. The summed E-state index contributed by atoms with van der Waals surface area (Å²) in [5.74, 6) is 0.894. The molecule has 0 unspecified atom stereocenters. The second-order valence-corrected chi connectivity index (χ2v) is 8.83. The predicted octanol–water partition coefficient (Wildman–Crippen LogP) is 2.00. The van der Waals surface area contributed by atoms with E-state index < -0.39 is 8.32 Å². The Hall–Kier alpha value is -0.553. The molecule has 0 aliphatic carbocycles. The molecule has 0 atom stereocenters. The number of rotatable bonds is 3. The van der Waals surface area contributed by atoms with Crippen molar-refractivity contribution >= 4 is 14.3 Å². The molecule has 5 heteroatoms. The highest BCUT2D eigenvalue weighted by molar-refractivity contribution is 6.71. The number of nitrogens with one attached hydrogen (secondary N) is 1. The standard InChI is InChI=1S/C6H16OSi.C5H13N3/c1-5-6-8(3,4)7-2;1-6-5(7-2)8(3)4/h5-6H2,1-4H3;1-4H3,(H,6,7). The minimum Gasteiger partial charge on any atom is -0.420 e. The number of nitrogens with zero attached hydrogens (tertiary/aromatic N) is 2. The van der Waals surface area contributed by atoms with Gasteiger partial charge in [0.15, 0.2) is 14.3 Å². The highest BCUT2D eigenvalue weighted by Gasteiger charge is 2.17. The van der Waals surface area contributed by atoms with Crippen LogP contribution in [0.15, 0.2) is 4.99 Å². The molecule has 0 radical (unpaired) electrons. The molecule has 0 spiro atoms. The van der Waals surface area contributed by atoms with Crippen LogP contribution >= 0.6 is 0 Å². The maximum absolute atomic E-state index is 5.32. The maximum atomic E-state index is 5.32. The molecule has 0 fully saturated rings. The molecule has 0 saturated carbocycles. The molecular weight excluding hydrogens is 218 g/mol. The second kappa shape index (κ2) is 9.66. The molecular formula is C11H29N3OSi. The first-order valence-corrected chi connectivity index (χ1v) is 8.83. The van der Waals surface area contributed by atoms with Crippen LogP contribution < -0.4 is 5.32 Å². The van der Waals surface area contributed by atoms with E-state index in [1.54, 1.807) is 7.05 Å². The van der Waals surface area contributed by atoms with Gasteiger partial charge >= 0.3 is 0 Å². The van der Waals surface area contributed by atoms with Crippen molar-refractivity contribution in [2.45, 2.75) is 32.5 Å². The molecule has 0 heterocycles. The first kappa shape index (κ1) is 17.8. The van der Waals surface area contributed by atoms with E-state index in [1.165, 1.54) is 12.5 Å². The van der Waals surface area contributed by atoms with Crippen molar-refractivity contribution in [3.8, 4) is 0 Å². The van der Waals surface area contributed by atoms with Crippen molar-refractivity contribution in [3.63, 3.8) is 0 Å². The topological polar surface area (TPSA) is 36.9 Å². The lowest BCUT2D eigenvalue weighted by Gasteiger charge is -2.17. The van der Waals surface area contributed by atoms with Gasteiger partial charge in [0.25, 0.3) is 0 Å². The third-order valence-electron chi connectivity index (χ3n) is 2.26. The van der Waals surface area contributed by atoms with Crippen LogP contribution in [-0.4, -0.2) is 54.5 Å². The average molecular weight is 247 g/mol. The van der Waals surface area contributed by atoms with E-state index in [9.17, 15) is 0 Å². The van der Waals surface area contributed by atoms with Crippen LogP contribution in [0.25, 0.3) is 0 Å². The molecule has 0 aliphatic rings. The monoisotopic (exact) mass is 247 g/mol. The van der Waals surface area contributed by atoms with Gasteiger partial charge in [-0.05, 0) is 19.1 Å². The van der Waals surface area contributed by atoms with Gasteiger partial charge in [-0.25, -0.2) is 0 Å². The van der Waals surface area contributed by atoms with E-state index in [0.29, 0.717) is 0 Å². The SMILES string of the molecule is CCC[Si](C)(C)OC.CN=C(NC)N(C)C. The van der Waals surface area contributed by atoms with Crippen LogP contribution in [0.3, 0.4) is 0 Å². The highest BCUT2D eigenvalue weighted by atomic mass is 28.4. The van der Waals surface area contributed by atoms with Crippen LogP contribution in [0.2, 0.25) is 19.1 Å². The van der Waals surface area contributed by atoms with Crippen LogP contribution in [-0.2, 0) is 4.43 Å². The molecule has 16 heavy (non-hydrogen) atoms. The van der Waals surface area contributed by atoms with E-state index >= 15 is 0 Å². The lowest BCUT2D eigenvalue weighted by molar-refractivity contribution is 0.403. The Kier molecular flexibility index (Phi) is 10.8. The Morgan fingerprint density at radius 2 is 1.88 bits per heavy atom. The molecule has 0 aliphatic heterocycles. The summed E-state index contributed by atoms with van der Waals surface area (Å²) in [7, 11) is 8.14. The molecule has 0 rings (SSSR count). The molecule has 0 saturated heterocycles. The van der Waals surface area contributed by atoms with Gasteiger partial charge in [-0.2, -0.15) is 0 Å². The van der Waals surface area contributed by atoms with Gasteiger partial charge < -0.3 is 14.6 Å². The first-order valence-electron chi connectivity index (χ1n) is 5.71. The summed E-state index contributed by atoms with van der Waals surface area (Å²) in [4.78, 5) is 5.85. The highest BCUT2D eigenvalue weighted by Crippen LogP contribution is 2.10. The van der Waals surface area contributed by atoms with E-state index in [0.717, 1.165) is 5.96 Å². The van der Waals surface area contributed by atoms with Gasteiger partial charge in [0.2, 0.25) is 0 Å². The molecule has 0 amide bonds. The Balaban J connectivity index is 0. The summed E-state index contributed by atoms with van der Waals surface area (Å²) >= 11 is 0. The van der Waals surface area contributed by atoms with Gasteiger partial charge in [-0.1, -0.05) is 13.3 Å². The third kappa shape index (κ3) is 9.98. The van der Waals surface area contributed by atoms with E-state index in [1.807, 2.05) is 33.2 Å². The van der Waals surface area contributed by atoms with Crippen molar-refractivity contribution in [2.75, 3.05) is 35.3 Å². The van der Waals surface area contributed by atoms with Gasteiger partial charge in [0, 0.05) is 35.3 Å². The maximum Gasteiger partial charge on any atom is 0.192 e. The first-order chi connectivity index (χ1) is 7.34. The Morgan fingerprint density at radius 1 is 1.38 bits per heavy atom. The fourth-order valence-electron chi connectivity index (χ4n) is 1.24. The summed E-state index contributed by atoms with van der Waals surface area (Å²) in [6.07, 6.45) is 1.26. The number of hydrogen-bond donors (Lipinski definition) is 1. The molecule has 1 N–H and O–H groups in total. The van der Waals surface area contributed by atoms with Crippen molar-refractivity contribution in [2.24, 2.45) is 4.99 Å². The van der Waals surface area contributed by atoms with Crippen LogP contribution in [0, 0.1) is 0 Å². The van der Waals surface area contributed by atoms with Crippen LogP contribution in [0.1, 0.15) is 13.3 Å². The Morgan fingerprint density at radius 3 is 1.94 bits per heavy atom. The summed E-state index contributed by atoms with van der Waals surface area (Å²) in [5.41, 5.74) is 0. The summed E-state index contributed by atoms with van der Waals surface area (Å²) in [5, 5.41) is 2.93. The normalized spacial score (nSPS) is 11.6. The van der Waals surface area contributed by atoms with Crippen LogP contribution in [0.5, 0.6) is 0 Å². The largest absolute Gasteiger partial charge is 0.420 e. The average Bonchev–Trinajstić information content (AvgIpc) is 2.20. The summed E-state index contributed by atoms with van der Waals surface area (Å²) in [6.45, 7) is 6.70. The quantitative estimate of drug-likeness (QED) is 0.471. The van der Waals surface area contributed by atoms with Crippen molar-refractivity contribution in [3.05, 3.63) is 0 Å². The lowest BCUT2D eigenvalue weighted by atomic mass is 10.6. The molecule has 0 aromatic carbocycles. The minimum absolute atomic E-state index is 0.894. The second-order valence-electron chi connectivity index (χ2n) is 4.41. The zero-order valence-electron chi connectivity index (χ0n) is 12.2. The zero-order chi connectivity index (χ0) is 13.2. The smallest absolute Gasteiger partial charge is 0.192 e. The van der Waals surface area contributed by atoms with E-state index in [-0.39, 0.29) is 0 Å². The van der Waals surface area contributed by atoms with Gasteiger partial charge in [0.05, 0.1) is 0 Å². The molecule has 0 bridgehead atoms. The van der Waals surface area contributed by atoms with Gasteiger partial charge in [-0.15, -0.1) is 0 Å². The van der Waals surface area contributed by atoms with Crippen molar-refractivity contribution in [1.29, 1.82) is 0 Å². The van der Waals surface area contributed by atoms with Crippen molar-refractivity contribution in [1.82, 2.24) is 10.2 Å². The summed E-state index contributed by atoms with van der Waals surface area (Å²) < 4.78 is 5.32. The number of hydrogen-bond acceptors (Lipinski definition) is 2. The third-order valence-corrected chi connectivity index (χ3v) is 5.07. The van der Waals surface area contributed by atoms with E-state index in [2.05, 4.69) is 30.3 Å². The fourth-order valence-corrected chi connectivity index (χ4v) is 2.65. The molecule has 0 aromatic heterocycles. The Labute approximate surface area is 102 Å². The predicted molar refractivity (Wildman–Crippen MR) is 75.7 cm³/mol. The zero-order valence-corrected chi connectivity index (χ0v) is 13.2. The summed E-state index contributed by atoms with van der Waals surface area (Å²) in [6, 6.07) is 1.28. The molecule has 4 nitrogen and oxygen atoms in total. The number of guanidine groups is 1. The lowest BCUT2D eigenvalue weighted by Crippen LogP contribution is -2.33. The van der Waals surface area contributed by atoms with Crippen molar-refractivity contribution < 1.29 is 4.43 Å². The molecule has 0 aromatic rings. The Bertz CT molecular complexity index is 194. The van der Waals surface area contributed by atoms with Gasteiger partial charge in [-0.3, -0.25) is 4.99 Å². The van der Waals surface area contributed by atoms with Gasteiger partial charge in [0.1, 0.15) is 0 Å². The molecule has 98 valence electrons. The number of aliphatic imine (C=N–C) groups is 1. The minimum atomic E-state index is -1.18.